The number of benzene rings is 2. The van der Waals surface area contributed by atoms with Gasteiger partial charge in [-0.05, 0) is 24.3 Å². The number of para-hydroxylation sites is 2. The number of nitrogen functional groups attached to an aromatic ring is 1. The average Bonchev–Trinajstić information content (AvgIpc) is 2.69. The highest BCUT2D eigenvalue weighted by Gasteiger charge is 2.19. The third-order valence-corrected chi connectivity index (χ3v) is 4.67. The van der Waals surface area contributed by atoms with Gasteiger partial charge in [-0.2, -0.15) is 0 Å². The fourth-order valence-corrected chi connectivity index (χ4v) is 3.17. The van der Waals surface area contributed by atoms with Gasteiger partial charge < -0.3 is 20.1 Å². The van der Waals surface area contributed by atoms with Crippen LogP contribution in [0.3, 0.4) is 0 Å². The zero-order valence-electron chi connectivity index (χ0n) is 15.3. The molecule has 1 aliphatic heterocycles. The molecule has 0 unspecified atom stereocenters. The summed E-state index contributed by atoms with van der Waals surface area (Å²) < 4.78 is 11.1. The first kappa shape index (κ1) is 18.8. The standard InChI is InChI=1S/C19H24N4O4/c1-26-19-5-3-2-4-17(19)22-10-8-21(9-11-22)12-13-27-15-6-7-16(20)18(14-15)23(24)25/h2-7,14H,8-13,20H2,1H3. The van der Waals surface area contributed by atoms with Gasteiger partial charge in [-0.3, -0.25) is 15.0 Å². The number of methoxy groups -OCH3 is 1. The molecule has 0 aliphatic carbocycles. The van der Waals surface area contributed by atoms with Crippen molar-refractivity contribution >= 4 is 17.1 Å². The first-order valence-corrected chi connectivity index (χ1v) is 8.85. The molecule has 144 valence electrons. The number of hydrogen-bond acceptors (Lipinski definition) is 7. The van der Waals surface area contributed by atoms with E-state index in [-0.39, 0.29) is 11.4 Å². The second-order valence-corrected chi connectivity index (χ2v) is 6.33. The monoisotopic (exact) mass is 372 g/mol. The molecule has 1 fully saturated rings. The zero-order valence-corrected chi connectivity index (χ0v) is 15.3. The number of nitrogens with zero attached hydrogens (tertiary/aromatic N) is 3. The summed E-state index contributed by atoms with van der Waals surface area (Å²) in [5.74, 6) is 1.35. The molecule has 27 heavy (non-hydrogen) atoms. The molecule has 3 rings (SSSR count). The third kappa shape index (κ3) is 4.59. The topological polar surface area (TPSA) is 94.1 Å². The Kier molecular flexibility index (Phi) is 5.97. The summed E-state index contributed by atoms with van der Waals surface area (Å²) in [6, 6.07) is 12.6. The number of anilines is 2. The second kappa shape index (κ2) is 8.59. The molecule has 0 bridgehead atoms. The van der Waals surface area contributed by atoms with Gasteiger partial charge in [0.15, 0.2) is 0 Å². The van der Waals surface area contributed by atoms with Gasteiger partial charge in [0.2, 0.25) is 0 Å². The number of nitro benzene ring substituents is 1. The number of nitrogens with two attached hydrogens (primary N) is 1. The average molecular weight is 372 g/mol. The minimum atomic E-state index is -0.501. The molecule has 0 atom stereocenters. The SMILES string of the molecule is COc1ccccc1N1CCN(CCOc2ccc(N)c([N+](=O)[O-])c2)CC1. The van der Waals surface area contributed by atoms with Crippen molar-refractivity contribution in [2.45, 2.75) is 0 Å². The molecule has 2 N–H and O–H groups in total. The van der Waals surface area contributed by atoms with E-state index in [1.807, 2.05) is 18.2 Å². The van der Waals surface area contributed by atoms with Crippen LogP contribution < -0.4 is 20.1 Å². The van der Waals surface area contributed by atoms with E-state index in [2.05, 4.69) is 15.9 Å². The molecule has 2 aromatic rings. The van der Waals surface area contributed by atoms with Crippen LogP contribution in [0.15, 0.2) is 42.5 Å². The van der Waals surface area contributed by atoms with Crippen molar-refractivity contribution in [2.24, 2.45) is 0 Å². The lowest BCUT2D eigenvalue weighted by atomic mass is 10.2. The summed E-state index contributed by atoms with van der Waals surface area (Å²) in [6.45, 7) is 4.89. The van der Waals surface area contributed by atoms with Crippen LogP contribution in [0.5, 0.6) is 11.5 Å². The van der Waals surface area contributed by atoms with E-state index in [0.717, 1.165) is 44.2 Å². The van der Waals surface area contributed by atoms with E-state index < -0.39 is 4.92 Å². The molecule has 0 aromatic heterocycles. The van der Waals surface area contributed by atoms with Crippen LogP contribution in [0.2, 0.25) is 0 Å². The van der Waals surface area contributed by atoms with Gasteiger partial charge in [0.1, 0.15) is 23.8 Å². The van der Waals surface area contributed by atoms with Gasteiger partial charge in [0.25, 0.3) is 5.69 Å². The largest absolute Gasteiger partial charge is 0.495 e. The van der Waals surface area contributed by atoms with Gasteiger partial charge in [0.05, 0.1) is 23.8 Å². The Balaban J connectivity index is 1.48. The van der Waals surface area contributed by atoms with Crippen molar-refractivity contribution in [3.8, 4) is 11.5 Å². The quantitative estimate of drug-likeness (QED) is 0.453. The molecule has 1 saturated heterocycles. The first-order valence-electron chi connectivity index (χ1n) is 8.85. The molecular weight excluding hydrogens is 348 g/mol. The molecule has 0 amide bonds. The number of hydrogen-bond donors (Lipinski definition) is 1. The predicted molar refractivity (Wildman–Crippen MR) is 105 cm³/mol. The van der Waals surface area contributed by atoms with Crippen molar-refractivity contribution in [3.63, 3.8) is 0 Å². The van der Waals surface area contributed by atoms with Gasteiger partial charge in [-0.1, -0.05) is 12.1 Å². The summed E-state index contributed by atoms with van der Waals surface area (Å²) in [6.07, 6.45) is 0. The van der Waals surface area contributed by atoms with Crippen molar-refractivity contribution < 1.29 is 14.4 Å². The highest BCUT2D eigenvalue weighted by molar-refractivity contribution is 5.60. The number of rotatable bonds is 7. The van der Waals surface area contributed by atoms with Crippen LogP contribution in [0.25, 0.3) is 0 Å². The van der Waals surface area contributed by atoms with Crippen molar-refractivity contribution in [2.75, 3.05) is 57.1 Å². The Morgan fingerprint density at radius 1 is 1.15 bits per heavy atom. The highest BCUT2D eigenvalue weighted by atomic mass is 16.6. The maximum Gasteiger partial charge on any atom is 0.295 e. The second-order valence-electron chi connectivity index (χ2n) is 6.33. The lowest BCUT2D eigenvalue weighted by Crippen LogP contribution is -2.47. The summed E-state index contributed by atoms with van der Waals surface area (Å²) in [5, 5.41) is 10.9. The van der Waals surface area contributed by atoms with E-state index in [4.69, 9.17) is 15.2 Å². The van der Waals surface area contributed by atoms with Gasteiger partial charge in [0, 0.05) is 32.7 Å². The lowest BCUT2D eigenvalue weighted by molar-refractivity contribution is -0.384. The Morgan fingerprint density at radius 2 is 1.89 bits per heavy atom. The molecule has 2 aromatic carbocycles. The Labute approximate surface area is 158 Å². The Morgan fingerprint density at radius 3 is 2.59 bits per heavy atom. The molecule has 8 nitrogen and oxygen atoms in total. The molecule has 1 heterocycles. The first-order chi connectivity index (χ1) is 13.1. The van der Waals surface area contributed by atoms with Crippen LogP contribution in [0, 0.1) is 10.1 Å². The van der Waals surface area contributed by atoms with Crippen LogP contribution >= 0.6 is 0 Å². The summed E-state index contributed by atoms with van der Waals surface area (Å²) in [7, 11) is 1.69. The summed E-state index contributed by atoms with van der Waals surface area (Å²) in [5.41, 5.74) is 6.73. The maximum atomic E-state index is 10.9. The predicted octanol–water partition coefficient (Wildman–Crippen LogP) is 2.39. The summed E-state index contributed by atoms with van der Waals surface area (Å²) in [4.78, 5) is 15.1. The minimum absolute atomic E-state index is 0.127. The minimum Gasteiger partial charge on any atom is -0.495 e. The lowest BCUT2D eigenvalue weighted by Gasteiger charge is -2.36. The highest BCUT2D eigenvalue weighted by Crippen LogP contribution is 2.28. The molecule has 0 saturated carbocycles. The fraction of sp³-hybridized carbons (Fsp3) is 0.368. The Bertz CT molecular complexity index is 791. The molecular formula is C19H24N4O4. The van der Waals surface area contributed by atoms with Gasteiger partial charge in [-0.25, -0.2) is 0 Å². The molecule has 0 radical (unpaired) electrons. The van der Waals surface area contributed by atoms with E-state index >= 15 is 0 Å². The summed E-state index contributed by atoms with van der Waals surface area (Å²) >= 11 is 0. The maximum absolute atomic E-state index is 10.9. The van der Waals surface area contributed by atoms with Crippen LogP contribution in [-0.4, -0.2) is 56.3 Å². The normalized spacial score (nSPS) is 14.8. The zero-order chi connectivity index (χ0) is 19.2. The number of piperazine rings is 1. The van der Waals surface area contributed by atoms with Crippen molar-refractivity contribution in [3.05, 3.63) is 52.6 Å². The van der Waals surface area contributed by atoms with E-state index in [1.165, 1.54) is 12.1 Å². The molecule has 0 spiro atoms. The van der Waals surface area contributed by atoms with Gasteiger partial charge >= 0.3 is 0 Å². The van der Waals surface area contributed by atoms with Crippen LogP contribution in [0.4, 0.5) is 17.1 Å². The molecule has 8 heteroatoms. The van der Waals surface area contributed by atoms with Crippen molar-refractivity contribution in [1.82, 2.24) is 4.90 Å². The van der Waals surface area contributed by atoms with E-state index in [1.54, 1.807) is 13.2 Å². The fourth-order valence-electron chi connectivity index (χ4n) is 3.17. The molecule has 1 aliphatic rings. The smallest absolute Gasteiger partial charge is 0.295 e. The van der Waals surface area contributed by atoms with Gasteiger partial charge in [-0.15, -0.1) is 0 Å². The number of ether oxygens (including phenoxy) is 2. The van der Waals surface area contributed by atoms with Crippen LogP contribution in [-0.2, 0) is 0 Å². The van der Waals surface area contributed by atoms with Crippen LogP contribution in [0.1, 0.15) is 0 Å². The third-order valence-electron chi connectivity index (χ3n) is 4.67. The van der Waals surface area contributed by atoms with E-state index in [0.29, 0.717) is 12.4 Å². The Hall–Kier alpha value is -3.00. The number of nitro groups is 1. The van der Waals surface area contributed by atoms with E-state index in [9.17, 15) is 10.1 Å². The van der Waals surface area contributed by atoms with Crippen molar-refractivity contribution in [1.29, 1.82) is 0 Å².